The minimum Gasteiger partial charge on any atom is -0.503 e. The molecule has 6 nitrogen and oxygen atoms in total. The molecule has 1 aromatic rings. The number of aromatic nitrogens is 1. The number of primary amides is 1. The fraction of sp³-hybridized carbons (Fsp3) is 0.500. The molecule has 0 radical (unpaired) electrons. The Bertz CT molecular complexity index is 598. The standard InChI is InChI=1S/C12H16F3N3O3/c1-6(11(16)21)18(3)10(12(13,14)15)8-9(20)7(19)4-5-17(8)2/h4-6,10,20H,1-3H3,(H2,16,21)/t6-,10?/m0/s1. The quantitative estimate of drug-likeness (QED) is 0.848. The zero-order valence-electron chi connectivity index (χ0n) is 11.7. The van der Waals surface area contributed by atoms with Gasteiger partial charge in [-0.15, -0.1) is 0 Å². The molecule has 0 bridgehead atoms. The molecular formula is C12H16F3N3O3. The summed E-state index contributed by atoms with van der Waals surface area (Å²) in [4.78, 5) is 23.2. The maximum atomic E-state index is 13.4. The van der Waals surface area contributed by atoms with E-state index in [0.29, 0.717) is 4.90 Å². The van der Waals surface area contributed by atoms with Gasteiger partial charge in [-0.05, 0) is 14.0 Å². The van der Waals surface area contributed by atoms with Gasteiger partial charge in [0.15, 0.2) is 11.8 Å². The molecule has 1 amide bonds. The summed E-state index contributed by atoms with van der Waals surface area (Å²) in [6.45, 7) is 1.21. The van der Waals surface area contributed by atoms with Crippen LogP contribution >= 0.6 is 0 Å². The number of carbonyl (C=O) groups is 1. The third-order valence-electron chi connectivity index (χ3n) is 3.30. The van der Waals surface area contributed by atoms with E-state index in [0.717, 1.165) is 23.9 Å². The number of amides is 1. The van der Waals surface area contributed by atoms with E-state index in [1.807, 2.05) is 0 Å². The minimum atomic E-state index is -4.82. The van der Waals surface area contributed by atoms with Gasteiger partial charge in [0.2, 0.25) is 11.3 Å². The number of halogens is 3. The fourth-order valence-electron chi connectivity index (χ4n) is 1.96. The highest BCUT2D eigenvalue weighted by molar-refractivity contribution is 5.79. The number of hydrogen-bond donors (Lipinski definition) is 2. The molecule has 1 rings (SSSR count). The van der Waals surface area contributed by atoms with Crippen LogP contribution in [0.1, 0.15) is 18.7 Å². The first-order valence-electron chi connectivity index (χ1n) is 5.95. The maximum Gasteiger partial charge on any atom is 0.409 e. The summed E-state index contributed by atoms with van der Waals surface area (Å²) in [6, 6.07) is -2.64. The molecule has 0 aliphatic heterocycles. The first-order chi connectivity index (χ1) is 9.48. The van der Waals surface area contributed by atoms with Crippen molar-refractivity contribution in [1.29, 1.82) is 0 Å². The smallest absolute Gasteiger partial charge is 0.409 e. The molecule has 9 heteroatoms. The number of hydrogen-bond acceptors (Lipinski definition) is 4. The van der Waals surface area contributed by atoms with Crippen LogP contribution in [-0.4, -0.2) is 39.7 Å². The molecule has 1 aromatic heterocycles. The molecular weight excluding hydrogens is 291 g/mol. The fourth-order valence-corrected chi connectivity index (χ4v) is 1.96. The summed E-state index contributed by atoms with van der Waals surface area (Å²) >= 11 is 0. The van der Waals surface area contributed by atoms with Crippen molar-refractivity contribution >= 4 is 5.91 Å². The number of nitrogens with two attached hydrogens (primary N) is 1. The molecule has 0 saturated heterocycles. The van der Waals surface area contributed by atoms with E-state index in [9.17, 15) is 27.9 Å². The van der Waals surface area contributed by atoms with Crippen LogP contribution in [0.2, 0.25) is 0 Å². The molecule has 0 aromatic carbocycles. The first-order valence-corrected chi connectivity index (χ1v) is 5.95. The number of carbonyl (C=O) groups excluding carboxylic acids is 1. The number of rotatable bonds is 4. The number of aryl methyl sites for hydroxylation is 1. The SMILES string of the molecule is C[C@@H](C(N)=O)N(C)C(c1c(O)c(=O)ccn1C)C(F)(F)F. The van der Waals surface area contributed by atoms with Crippen LogP contribution in [0, 0.1) is 0 Å². The largest absolute Gasteiger partial charge is 0.503 e. The van der Waals surface area contributed by atoms with Crippen molar-refractivity contribution in [2.75, 3.05) is 7.05 Å². The monoisotopic (exact) mass is 307 g/mol. The molecule has 1 unspecified atom stereocenters. The van der Waals surface area contributed by atoms with Crippen LogP contribution in [0.5, 0.6) is 5.75 Å². The second-order valence-electron chi connectivity index (χ2n) is 4.71. The third-order valence-corrected chi connectivity index (χ3v) is 3.30. The lowest BCUT2D eigenvalue weighted by Gasteiger charge is -2.34. The summed E-state index contributed by atoms with van der Waals surface area (Å²) in [7, 11) is 2.31. The lowest BCUT2D eigenvalue weighted by Crippen LogP contribution is -2.47. The number of aromatic hydroxyl groups is 1. The van der Waals surface area contributed by atoms with Gasteiger partial charge < -0.3 is 15.4 Å². The highest BCUT2D eigenvalue weighted by Crippen LogP contribution is 2.40. The van der Waals surface area contributed by atoms with Crippen LogP contribution in [0.3, 0.4) is 0 Å². The highest BCUT2D eigenvalue weighted by atomic mass is 19.4. The highest BCUT2D eigenvalue weighted by Gasteiger charge is 2.48. The summed E-state index contributed by atoms with van der Waals surface area (Å²) in [5.74, 6) is -1.96. The van der Waals surface area contributed by atoms with Crippen molar-refractivity contribution < 1.29 is 23.1 Å². The molecule has 0 aliphatic carbocycles. The van der Waals surface area contributed by atoms with E-state index in [1.165, 1.54) is 14.0 Å². The third kappa shape index (κ3) is 3.35. The predicted molar refractivity (Wildman–Crippen MR) is 68.6 cm³/mol. The van der Waals surface area contributed by atoms with Gasteiger partial charge >= 0.3 is 6.18 Å². The second-order valence-corrected chi connectivity index (χ2v) is 4.71. The Morgan fingerprint density at radius 2 is 2.00 bits per heavy atom. The zero-order valence-corrected chi connectivity index (χ0v) is 11.7. The van der Waals surface area contributed by atoms with Crippen LogP contribution in [0.4, 0.5) is 13.2 Å². The predicted octanol–water partition coefficient (Wildman–Crippen LogP) is 0.500. The van der Waals surface area contributed by atoms with E-state index in [-0.39, 0.29) is 0 Å². The lowest BCUT2D eigenvalue weighted by atomic mass is 10.1. The number of nitrogens with zero attached hydrogens (tertiary/aromatic N) is 2. The molecule has 0 aliphatic rings. The molecule has 2 atom stereocenters. The zero-order chi connectivity index (χ0) is 16.5. The number of likely N-dealkylation sites (N-methyl/N-ethyl adjacent to an activating group) is 1. The van der Waals surface area contributed by atoms with Crippen molar-refractivity contribution in [1.82, 2.24) is 9.47 Å². The Balaban J connectivity index is 3.52. The van der Waals surface area contributed by atoms with E-state index >= 15 is 0 Å². The first kappa shape index (κ1) is 17.0. The molecule has 1 heterocycles. The van der Waals surface area contributed by atoms with Gasteiger partial charge in [-0.25, -0.2) is 0 Å². The van der Waals surface area contributed by atoms with Crippen molar-refractivity contribution in [2.24, 2.45) is 12.8 Å². The van der Waals surface area contributed by atoms with Crippen LogP contribution in [-0.2, 0) is 11.8 Å². The van der Waals surface area contributed by atoms with Gasteiger partial charge in [-0.1, -0.05) is 0 Å². The number of pyridine rings is 1. The Morgan fingerprint density at radius 3 is 2.43 bits per heavy atom. The van der Waals surface area contributed by atoms with Crippen molar-refractivity contribution in [2.45, 2.75) is 25.2 Å². The summed E-state index contributed by atoms with van der Waals surface area (Å²) < 4.78 is 41.0. The van der Waals surface area contributed by atoms with E-state index in [4.69, 9.17) is 5.73 Å². The van der Waals surface area contributed by atoms with Gasteiger partial charge in [0, 0.05) is 19.3 Å². The van der Waals surface area contributed by atoms with Gasteiger partial charge in [-0.3, -0.25) is 14.5 Å². The molecule has 3 N–H and O–H groups in total. The normalized spacial score (nSPS) is 15.0. The van der Waals surface area contributed by atoms with E-state index < -0.39 is 41.0 Å². The van der Waals surface area contributed by atoms with Gasteiger partial charge in [0.1, 0.15) is 0 Å². The Morgan fingerprint density at radius 1 is 1.48 bits per heavy atom. The van der Waals surface area contributed by atoms with Crippen LogP contribution < -0.4 is 11.2 Å². The molecule has 0 saturated carbocycles. The van der Waals surface area contributed by atoms with Crippen LogP contribution in [0.25, 0.3) is 0 Å². The number of alkyl halides is 3. The second kappa shape index (κ2) is 5.76. The summed E-state index contributed by atoms with van der Waals surface area (Å²) in [5.41, 5.74) is 3.44. The molecule has 118 valence electrons. The topological polar surface area (TPSA) is 88.6 Å². The van der Waals surface area contributed by atoms with E-state index in [1.54, 1.807) is 0 Å². The molecule has 0 spiro atoms. The lowest BCUT2D eigenvalue weighted by molar-refractivity contribution is -0.190. The Hall–Kier alpha value is -2.03. The van der Waals surface area contributed by atoms with Gasteiger partial charge in [0.05, 0.1) is 11.7 Å². The average Bonchev–Trinajstić information content (AvgIpc) is 2.35. The van der Waals surface area contributed by atoms with Crippen molar-refractivity contribution in [3.05, 3.63) is 28.2 Å². The molecule has 0 fully saturated rings. The summed E-state index contributed by atoms with van der Waals surface area (Å²) in [6.07, 6.45) is -3.71. The van der Waals surface area contributed by atoms with Crippen molar-refractivity contribution in [3.8, 4) is 5.75 Å². The average molecular weight is 307 g/mol. The molecule has 21 heavy (non-hydrogen) atoms. The van der Waals surface area contributed by atoms with Crippen LogP contribution in [0.15, 0.2) is 17.1 Å². The Labute approximate surface area is 118 Å². The van der Waals surface area contributed by atoms with Gasteiger partial charge in [0.25, 0.3) is 0 Å². The van der Waals surface area contributed by atoms with Gasteiger partial charge in [-0.2, -0.15) is 13.2 Å². The van der Waals surface area contributed by atoms with E-state index in [2.05, 4.69) is 0 Å². The Kier molecular flexibility index (Phi) is 4.67. The summed E-state index contributed by atoms with van der Waals surface area (Å²) in [5, 5.41) is 9.71. The van der Waals surface area contributed by atoms with Crippen molar-refractivity contribution in [3.63, 3.8) is 0 Å². The maximum absolute atomic E-state index is 13.4. The minimum absolute atomic E-state index is 0.648.